The van der Waals surface area contributed by atoms with Gasteiger partial charge in [-0.1, -0.05) is 0 Å². The van der Waals surface area contributed by atoms with Crippen molar-refractivity contribution in [1.29, 1.82) is 0 Å². The number of aryl methyl sites for hydroxylation is 1. The number of nitrogen functional groups attached to an aromatic ring is 1. The smallest absolute Gasteiger partial charge is 0.340 e. The fourth-order valence-electron chi connectivity index (χ4n) is 2.06. The Morgan fingerprint density at radius 1 is 1.43 bits per heavy atom. The van der Waals surface area contributed by atoms with Crippen LogP contribution < -0.4 is 10.6 Å². The molecule has 2 N–H and O–H groups in total. The molecule has 6 nitrogen and oxygen atoms in total. The first kappa shape index (κ1) is 14.9. The van der Waals surface area contributed by atoms with Crippen LogP contribution in [0.2, 0.25) is 0 Å². The number of benzene rings is 1. The van der Waals surface area contributed by atoms with E-state index in [0.29, 0.717) is 17.8 Å². The van der Waals surface area contributed by atoms with Gasteiger partial charge in [0.2, 0.25) is 0 Å². The molecule has 0 unspecified atom stereocenters. The van der Waals surface area contributed by atoms with Gasteiger partial charge in [-0.15, -0.1) is 0 Å². The second kappa shape index (κ2) is 6.30. The number of rotatable bonds is 5. The molecule has 0 spiro atoms. The van der Waals surface area contributed by atoms with E-state index in [1.807, 2.05) is 42.7 Å². The molecule has 1 heterocycles. The van der Waals surface area contributed by atoms with E-state index < -0.39 is 0 Å². The van der Waals surface area contributed by atoms with Crippen molar-refractivity contribution in [2.24, 2.45) is 0 Å². The number of esters is 1. The lowest BCUT2D eigenvalue weighted by molar-refractivity contribution is 0.0491. The fraction of sp³-hybridized carbons (Fsp3) is 0.333. The van der Waals surface area contributed by atoms with Gasteiger partial charge in [-0.25, -0.2) is 9.78 Å². The van der Waals surface area contributed by atoms with Gasteiger partial charge in [0.05, 0.1) is 17.8 Å². The third-order valence-electron chi connectivity index (χ3n) is 3.21. The van der Waals surface area contributed by atoms with Crippen LogP contribution in [-0.2, 0) is 11.3 Å². The third-order valence-corrected chi connectivity index (χ3v) is 3.21. The molecule has 0 aliphatic rings. The predicted molar refractivity (Wildman–Crippen MR) is 82.4 cm³/mol. The maximum absolute atomic E-state index is 12.2. The summed E-state index contributed by atoms with van der Waals surface area (Å²) in [6, 6.07) is 5.22. The molecule has 0 aliphatic carbocycles. The van der Waals surface area contributed by atoms with E-state index in [4.69, 9.17) is 10.5 Å². The highest BCUT2D eigenvalue weighted by Crippen LogP contribution is 2.22. The van der Waals surface area contributed by atoms with Gasteiger partial charge in [-0.3, -0.25) is 0 Å². The molecule has 0 saturated carbocycles. The van der Waals surface area contributed by atoms with Crippen molar-refractivity contribution in [1.82, 2.24) is 9.55 Å². The molecule has 112 valence electrons. The Hall–Kier alpha value is -2.50. The van der Waals surface area contributed by atoms with Crippen LogP contribution in [0.3, 0.4) is 0 Å². The molecule has 0 amide bonds. The lowest BCUT2D eigenvalue weighted by atomic mass is 10.1. The van der Waals surface area contributed by atoms with Crippen molar-refractivity contribution in [2.75, 3.05) is 31.3 Å². The molecule has 0 aliphatic heterocycles. The second-order valence-corrected chi connectivity index (χ2v) is 4.97. The Labute approximate surface area is 124 Å². The Kier molecular flexibility index (Phi) is 4.47. The number of carbonyl (C=O) groups is 1. The number of ether oxygens (including phenoxy) is 1. The minimum absolute atomic E-state index is 0.289. The number of anilines is 2. The van der Waals surface area contributed by atoms with Crippen LogP contribution in [-0.4, -0.2) is 36.2 Å². The summed E-state index contributed by atoms with van der Waals surface area (Å²) in [6.07, 6.45) is 3.58. The number of hydrogen-bond donors (Lipinski definition) is 1. The van der Waals surface area contributed by atoms with E-state index in [1.165, 1.54) is 0 Å². The van der Waals surface area contributed by atoms with Crippen LogP contribution in [0.15, 0.2) is 30.6 Å². The maximum atomic E-state index is 12.2. The summed E-state index contributed by atoms with van der Waals surface area (Å²) in [5.41, 5.74) is 7.55. The van der Waals surface area contributed by atoms with E-state index in [1.54, 1.807) is 18.3 Å². The minimum Gasteiger partial charge on any atom is -0.460 e. The molecule has 0 radical (unpaired) electrons. The highest BCUT2D eigenvalue weighted by atomic mass is 16.5. The SMILES string of the molecule is Cc1nccn1CCOC(=O)c1cc(N)ccc1N(C)C. The molecule has 0 saturated heterocycles. The van der Waals surface area contributed by atoms with E-state index in [9.17, 15) is 4.79 Å². The van der Waals surface area contributed by atoms with E-state index in [-0.39, 0.29) is 12.6 Å². The summed E-state index contributed by atoms with van der Waals surface area (Å²) >= 11 is 0. The van der Waals surface area contributed by atoms with Crippen molar-refractivity contribution >= 4 is 17.3 Å². The van der Waals surface area contributed by atoms with Crippen molar-refractivity contribution in [3.63, 3.8) is 0 Å². The Balaban J connectivity index is 2.03. The molecule has 0 atom stereocenters. The summed E-state index contributed by atoms with van der Waals surface area (Å²) in [4.78, 5) is 18.2. The first-order valence-corrected chi connectivity index (χ1v) is 6.70. The van der Waals surface area contributed by atoms with Crippen LogP contribution in [0, 0.1) is 6.92 Å². The van der Waals surface area contributed by atoms with Crippen molar-refractivity contribution in [3.8, 4) is 0 Å². The van der Waals surface area contributed by atoms with Crippen molar-refractivity contribution < 1.29 is 9.53 Å². The largest absolute Gasteiger partial charge is 0.460 e. The van der Waals surface area contributed by atoms with Gasteiger partial charge in [-0.2, -0.15) is 0 Å². The first-order chi connectivity index (χ1) is 9.99. The van der Waals surface area contributed by atoms with Crippen molar-refractivity contribution in [2.45, 2.75) is 13.5 Å². The molecular formula is C15H20N4O2. The van der Waals surface area contributed by atoms with E-state index >= 15 is 0 Å². The van der Waals surface area contributed by atoms with Gasteiger partial charge in [0.25, 0.3) is 0 Å². The Morgan fingerprint density at radius 3 is 2.81 bits per heavy atom. The predicted octanol–water partition coefficient (Wildman–Crippen LogP) is 1.70. The summed E-state index contributed by atoms with van der Waals surface area (Å²) in [6.45, 7) is 2.78. The molecule has 0 fully saturated rings. The average Bonchev–Trinajstić information content (AvgIpc) is 2.84. The molecule has 0 bridgehead atoms. The van der Waals surface area contributed by atoms with Crippen LogP contribution in [0.1, 0.15) is 16.2 Å². The zero-order valence-electron chi connectivity index (χ0n) is 12.5. The number of nitrogens with two attached hydrogens (primary N) is 1. The molecule has 1 aromatic carbocycles. The molecule has 6 heteroatoms. The maximum Gasteiger partial charge on any atom is 0.340 e. The highest BCUT2D eigenvalue weighted by Gasteiger charge is 2.14. The topological polar surface area (TPSA) is 73.4 Å². The number of carbonyl (C=O) groups excluding carboxylic acids is 1. The Morgan fingerprint density at radius 2 is 2.19 bits per heavy atom. The summed E-state index contributed by atoms with van der Waals surface area (Å²) in [5.74, 6) is 0.521. The van der Waals surface area contributed by atoms with Crippen molar-refractivity contribution in [3.05, 3.63) is 42.0 Å². The summed E-state index contributed by atoms with van der Waals surface area (Å²) in [7, 11) is 3.74. The highest BCUT2D eigenvalue weighted by molar-refractivity contribution is 5.96. The van der Waals surface area contributed by atoms with E-state index in [2.05, 4.69) is 4.98 Å². The molecule has 21 heavy (non-hydrogen) atoms. The molecular weight excluding hydrogens is 268 g/mol. The van der Waals surface area contributed by atoms with Gasteiger partial charge in [0.15, 0.2) is 0 Å². The van der Waals surface area contributed by atoms with Gasteiger partial charge < -0.3 is 19.9 Å². The van der Waals surface area contributed by atoms with Crippen LogP contribution in [0.5, 0.6) is 0 Å². The number of aromatic nitrogens is 2. The Bertz CT molecular complexity index is 634. The van der Waals surface area contributed by atoms with Gasteiger partial charge in [0.1, 0.15) is 12.4 Å². The first-order valence-electron chi connectivity index (χ1n) is 6.70. The average molecular weight is 288 g/mol. The standard InChI is InChI=1S/C15H20N4O2/c1-11-17-6-7-19(11)8-9-21-15(20)13-10-12(16)4-5-14(13)18(2)3/h4-7,10H,8-9,16H2,1-3H3. The second-order valence-electron chi connectivity index (χ2n) is 4.97. The summed E-state index contributed by atoms with van der Waals surface area (Å²) in [5, 5.41) is 0. The van der Waals surface area contributed by atoms with Crippen LogP contribution >= 0.6 is 0 Å². The summed E-state index contributed by atoms with van der Waals surface area (Å²) < 4.78 is 7.26. The number of imidazole rings is 1. The van der Waals surface area contributed by atoms with Crippen LogP contribution in [0.4, 0.5) is 11.4 Å². The minimum atomic E-state index is -0.372. The monoisotopic (exact) mass is 288 g/mol. The number of hydrogen-bond acceptors (Lipinski definition) is 5. The van der Waals surface area contributed by atoms with Crippen LogP contribution in [0.25, 0.3) is 0 Å². The normalized spacial score (nSPS) is 10.4. The molecule has 2 aromatic rings. The number of nitrogens with zero attached hydrogens (tertiary/aromatic N) is 3. The zero-order valence-corrected chi connectivity index (χ0v) is 12.5. The quantitative estimate of drug-likeness (QED) is 0.669. The lowest BCUT2D eigenvalue weighted by Crippen LogP contribution is -2.17. The van der Waals surface area contributed by atoms with Gasteiger partial charge in [0, 0.05) is 32.2 Å². The molecule has 2 rings (SSSR count). The third kappa shape index (κ3) is 3.53. The molecule has 1 aromatic heterocycles. The lowest BCUT2D eigenvalue weighted by Gasteiger charge is -2.17. The van der Waals surface area contributed by atoms with Gasteiger partial charge in [-0.05, 0) is 25.1 Å². The zero-order chi connectivity index (χ0) is 15.4. The van der Waals surface area contributed by atoms with E-state index in [0.717, 1.165) is 11.5 Å². The fourth-order valence-corrected chi connectivity index (χ4v) is 2.06. The van der Waals surface area contributed by atoms with Gasteiger partial charge >= 0.3 is 5.97 Å².